The first kappa shape index (κ1) is 16.3. The van der Waals surface area contributed by atoms with E-state index >= 15 is 0 Å². The van der Waals surface area contributed by atoms with Gasteiger partial charge in [0.05, 0.1) is 23.6 Å². The molecule has 0 aliphatic rings. The molecule has 0 fully saturated rings. The molecule has 1 aromatic heterocycles. The lowest BCUT2D eigenvalue weighted by Gasteiger charge is -2.14. The summed E-state index contributed by atoms with van der Waals surface area (Å²) in [6.07, 6.45) is 0. The van der Waals surface area contributed by atoms with E-state index in [4.69, 9.17) is 4.42 Å². The minimum absolute atomic E-state index is 0.0136. The number of methoxy groups -OCH3 is 1. The molecule has 0 bridgehead atoms. The second kappa shape index (κ2) is 6.33. The largest absolute Gasteiger partial charge is 0.465 e. The van der Waals surface area contributed by atoms with Crippen LogP contribution in [0.3, 0.4) is 0 Å². The minimum Gasteiger partial charge on any atom is -0.465 e. The Kier molecular flexibility index (Phi) is 4.68. The van der Waals surface area contributed by atoms with E-state index in [1.807, 2.05) is 0 Å². The van der Waals surface area contributed by atoms with Gasteiger partial charge in [-0.25, -0.2) is 17.9 Å². The standard InChI is InChI=1S/C15H17NO5S/c1-10-8-9-13(21-10)11(2)16-22(18,19)14-7-5-4-6-12(14)15(17)20-3/h4-9,11,16H,1-3H3. The van der Waals surface area contributed by atoms with Crippen LogP contribution in [0.5, 0.6) is 0 Å². The molecule has 118 valence electrons. The Balaban J connectivity index is 2.33. The molecular weight excluding hydrogens is 306 g/mol. The van der Waals surface area contributed by atoms with Crippen LogP contribution in [-0.2, 0) is 14.8 Å². The highest BCUT2D eigenvalue weighted by Gasteiger charge is 2.25. The topological polar surface area (TPSA) is 85.6 Å². The maximum Gasteiger partial charge on any atom is 0.339 e. The van der Waals surface area contributed by atoms with Crippen molar-refractivity contribution in [2.75, 3.05) is 7.11 Å². The van der Waals surface area contributed by atoms with Gasteiger partial charge in [0.25, 0.3) is 0 Å². The van der Waals surface area contributed by atoms with Crippen molar-refractivity contribution in [3.8, 4) is 0 Å². The van der Waals surface area contributed by atoms with Crippen LogP contribution in [0.15, 0.2) is 45.7 Å². The van der Waals surface area contributed by atoms with Crippen LogP contribution in [-0.4, -0.2) is 21.5 Å². The van der Waals surface area contributed by atoms with Gasteiger partial charge < -0.3 is 9.15 Å². The molecule has 0 amide bonds. The van der Waals surface area contributed by atoms with Crippen LogP contribution < -0.4 is 4.72 Å². The molecule has 2 aromatic rings. The summed E-state index contributed by atoms with van der Waals surface area (Å²) in [5, 5.41) is 0. The fraction of sp³-hybridized carbons (Fsp3) is 0.267. The predicted octanol–water partition coefficient (Wildman–Crippen LogP) is 2.41. The maximum absolute atomic E-state index is 12.5. The number of carbonyl (C=O) groups is 1. The molecule has 0 saturated carbocycles. The molecule has 0 radical (unpaired) electrons. The number of hydrogen-bond acceptors (Lipinski definition) is 5. The number of nitrogens with one attached hydrogen (secondary N) is 1. The lowest BCUT2D eigenvalue weighted by molar-refractivity contribution is 0.0596. The summed E-state index contributed by atoms with van der Waals surface area (Å²) in [4.78, 5) is 11.6. The first-order chi connectivity index (χ1) is 10.3. The zero-order valence-electron chi connectivity index (χ0n) is 12.5. The van der Waals surface area contributed by atoms with Crippen LogP contribution in [0.2, 0.25) is 0 Å². The van der Waals surface area contributed by atoms with Crippen LogP contribution in [0.4, 0.5) is 0 Å². The van der Waals surface area contributed by atoms with Gasteiger partial charge in [0, 0.05) is 0 Å². The van der Waals surface area contributed by atoms with Crippen LogP contribution in [0.1, 0.15) is 34.8 Å². The molecular formula is C15H17NO5S. The number of benzene rings is 1. The first-order valence-electron chi connectivity index (χ1n) is 6.61. The van der Waals surface area contributed by atoms with Crippen molar-refractivity contribution in [2.45, 2.75) is 24.8 Å². The molecule has 6 nitrogen and oxygen atoms in total. The molecule has 0 aliphatic carbocycles. The fourth-order valence-electron chi connectivity index (χ4n) is 2.02. The number of furan rings is 1. The number of rotatable bonds is 5. The Hall–Kier alpha value is -2.12. The summed E-state index contributed by atoms with van der Waals surface area (Å²) in [7, 11) is -2.69. The quantitative estimate of drug-likeness (QED) is 0.854. The van der Waals surface area contributed by atoms with Gasteiger partial charge in [-0.1, -0.05) is 12.1 Å². The van der Waals surface area contributed by atoms with Gasteiger partial charge in [-0.05, 0) is 38.1 Å². The Morgan fingerprint density at radius 3 is 2.50 bits per heavy atom. The number of esters is 1. The molecule has 0 spiro atoms. The Labute approximate surface area is 129 Å². The third-order valence-electron chi connectivity index (χ3n) is 3.10. The van der Waals surface area contributed by atoms with Crippen molar-refractivity contribution in [3.05, 3.63) is 53.5 Å². The average Bonchev–Trinajstić information content (AvgIpc) is 2.93. The van der Waals surface area contributed by atoms with E-state index in [0.29, 0.717) is 11.5 Å². The lowest BCUT2D eigenvalue weighted by Crippen LogP contribution is -2.28. The molecule has 1 unspecified atom stereocenters. The van der Waals surface area contributed by atoms with Crippen LogP contribution in [0.25, 0.3) is 0 Å². The molecule has 1 aromatic carbocycles. The smallest absolute Gasteiger partial charge is 0.339 e. The van der Waals surface area contributed by atoms with Crippen molar-refractivity contribution >= 4 is 16.0 Å². The molecule has 1 N–H and O–H groups in total. The number of sulfonamides is 1. The summed E-state index contributed by atoms with van der Waals surface area (Å²) < 4.78 is 37.5. The average molecular weight is 323 g/mol. The molecule has 1 heterocycles. The van der Waals surface area contributed by atoms with Crippen LogP contribution >= 0.6 is 0 Å². The Morgan fingerprint density at radius 2 is 1.91 bits per heavy atom. The van der Waals surface area contributed by atoms with E-state index in [9.17, 15) is 13.2 Å². The van der Waals surface area contributed by atoms with Gasteiger partial charge in [0.2, 0.25) is 10.0 Å². The third kappa shape index (κ3) is 3.37. The van der Waals surface area contributed by atoms with Gasteiger partial charge in [0.1, 0.15) is 11.5 Å². The third-order valence-corrected chi connectivity index (χ3v) is 4.70. The van der Waals surface area contributed by atoms with Crippen molar-refractivity contribution in [2.24, 2.45) is 0 Å². The summed E-state index contributed by atoms with van der Waals surface area (Å²) in [5.74, 6) is 0.482. The Bertz CT molecular complexity index is 779. The van der Waals surface area contributed by atoms with Gasteiger partial charge in [-0.15, -0.1) is 0 Å². The minimum atomic E-state index is -3.90. The van der Waals surface area contributed by atoms with Crippen molar-refractivity contribution in [1.29, 1.82) is 0 Å². The number of carbonyl (C=O) groups excluding carboxylic acids is 1. The normalized spacial score (nSPS) is 12.9. The SMILES string of the molecule is COC(=O)c1ccccc1S(=O)(=O)NC(C)c1ccc(C)o1. The number of aryl methyl sites for hydroxylation is 1. The predicted molar refractivity (Wildman–Crippen MR) is 80.0 cm³/mol. The number of hydrogen-bond donors (Lipinski definition) is 1. The first-order valence-corrected chi connectivity index (χ1v) is 8.09. The summed E-state index contributed by atoms with van der Waals surface area (Å²) in [6, 6.07) is 8.77. The van der Waals surface area contributed by atoms with Crippen molar-refractivity contribution in [3.63, 3.8) is 0 Å². The molecule has 22 heavy (non-hydrogen) atoms. The van der Waals surface area contributed by atoms with Crippen molar-refractivity contribution in [1.82, 2.24) is 4.72 Å². The monoisotopic (exact) mass is 323 g/mol. The van der Waals surface area contributed by atoms with E-state index in [1.54, 1.807) is 38.1 Å². The summed E-state index contributed by atoms with van der Waals surface area (Å²) >= 11 is 0. The summed E-state index contributed by atoms with van der Waals surface area (Å²) in [5.41, 5.74) is -0.0136. The maximum atomic E-state index is 12.5. The van der Waals surface area contributed by atoms with E-state index in [0.717, 1.165) is 0 Å². The van der Waals surface area contributed by atoms with Gasteiger partial charge in [-0.3, -0.25) is 0 Å². The molecule has 7 heteroatoms. The van der Waals surface area contributed by atoms with E-state index in [-0.39, 0.29) is 10.5 Å². The van der Waals surface area contributed by atoms with E-state index in [1.165, 1.54) is 19.2 Å². The lowest BCUT2D eigenvalue weighted by atomic mass is 10.2. The Morgan fingerprint density at radius 1 is 1.23 bits per heavy atom. The summed E-state index contributed by atoms with van der Waals surface area (Å²) in [6.45, 7) is 3.44. The molecule has 1 atom stereocenters. The second-order valence-electron chi connectivity index (χ2n) is 4.78. The van der Waals surface area contributed by atoms with E-state index in [2.05, 4.69) is 9.46 Å². The zero-order valence-corrected chi connectivity index (χ0v) is 13.3. The van der Waals surface area contributed by atoms with Gasteiger partial charge in [0.15, 0.2) is 0 Å². The zero-order chi connectivity index (χ0) is 16.3. The van der Waals surface area contributed by atoms with Crippen molar-refractivity contribution < 1.29 is 22.4 Å². The van der Waals surface area contributed by atoms with Gasteiger partial charge >= 0.3 is 5.97 Å². The highest BCUT2D eigenvalue weighted by atomic mass is 32.2. The highest BCUT2D eigenvalue weighted by molar-refractivity contribution is 7.89. The van der Waals surface area contributed by atoms with Crippen LogP contribution in [0, 0.1) is 6.92 Å². The molecule has 0 aliphatic heterocycles. The number of ether oxygens (including phenoxy) is 1. The highest BCUT2D eigenvalue weighted by Crippen LogP contribution is 2.21. The molecule has 2 rings (SSSR count). The fourth-order valence-corrected chi connectivity index (χ4v) is 3.43. The molecule has 0 saturated heterocycles. The van der Waals surface area contributed by atoms with Gasteiger partial charge in [-0.2, -0.15) is 0 Å². The second-order valence-corrected chi connectivity index (χ2v) is 6.46. The van der Waals surface area contributed by atoms with E-state index < -0.39 is 22.0 Å².